The standard InChI is InChI=1S/C20H34N4O.HI/c1-21-19(22-14-20(10-11-20)16-7-8-16)23-17-9-12-24(13-17)18(25)15-5-3-2-4-6-15;/h15-17H,2-14H2,1H3,(H2,21,22,23);1H. The minimum Gasteiger partial charge on any atom is -0.356 e. The van der Waals surface area contributed by atoms with Crippen LogP contribution in [0.1, 0.15) is 64.2 Å². The van der Waals surface area contributed by atoms with Gasteiger partial charge in [-0.15, -0.1) is 24.0 Å². The van der Waals surface area contributed by atoms with Crippen LogP contribution in [-0.4, -0.2) is 49.5 Å². The lowest BCUT2D eigenvalue weighted by molar-refractivity contribution is -0.135. The van der Waals surface area contributed by atoms with Crippen LogP contribution in [-0.2, 0) is 4.79 Å². The van der Waals surface area contributed by atoms with Crippen LogP contribution in [0.25, 0.3) is 0 Å². The van der Waals surface area contributed by atoms with Crippen LogP contribution in [0, 0.1) is 17.3 Å². The molecule has 1 amide bonds. The molecule has 148 valence electrons. The first-order chi connectivity index (χ1) is 12.2. The van der Waals surface area contributed by atoms with Crippen molar-refractivity contribution < 1.29 is 4.79 Å². The van der Waals surface area contributed by atoms with E-state index in [1.807, 2.05) is 7.05 Å². The fraction of sp³-hybridized carbons (Fsp3) is 0.900. The molecule has 0 radical (unpaired) electrons. The summed E-state index contributed by atoms with van der Waals surface area (Å²) in [4.78, 5) is 19.2. The summed E-state index contributed by atoms with van der Waals surface area (Å²) in [6.07, 6.45) is 12.6. The zero-order chi connectivity index (χ0) is 17.3. The highest BCUT2D eigenvalue weighted by Gasteiger charge is 2.53. The van der Waals surface area contributed by atoms with Crippen LogP contribution in [0.3, 0.4) is 0 Å². The van der Waals surface area contributed by atoms with Gasteiger partial charge in [-0.1, -0.05) is 19.3 Å². The number of likely N-dealkylation sites (tertiary alicyclic amines) is 1. The number of guanidine groups is 1. The Morgan fingerprint density at radius 3 is 2.46 bits per heavy atom. The summed E-state index contributed by atoms with van der Waals surface area (Å²) in [5, 5.41) is 7.12. The van der Waals surface area contributed by atoms with Crippen LogP contribution in [0.4, 0.5) is 0 Å². The molecule has 0 aromatic heterocycles. The minimum absolute atomic E-state index is 0. The number of amides is 1. The molecular weight excluding hydrogens is 439 g/mol. The normalized spacial score (nSPS) is 28.4. The van der Waals surface area contributed by atoms with Gasteiger partial charge in [-0.2, -0.15) is 0 Å². The highest BCUT2D eigenvalue weighted by atomic mass is 127. The molecule has 0 spiro atoms. The zero-order valence-electron chi connectivity index (χ0n) is 16.1. The maximum Gasteiger partial charge on any atom is 0.225 e. The van der Waals surface area contributed by atoms with Gasteiger partial charge in [0.25, 0.3) is 0 Å². The molecule has 2 N–H and O–H groups in total. The molecule has 0 aromatic carbocycles. The highest BCUT2D eigenvalue weighted by molar-refractivity contribution is 14.0. The third kappa shape index (κ3) is 4.65. The van der Waals surface area contributed by atoms with Crippen LogP contribution < -0.4 is 10.6 Å². The SMILES string of the molecule is CN=C(NCC1(C2CC2)CC1)NC1CCN(C(=O)C2CCCCC2)C1.I. The van der Waals surface area contributed by atoms with Gasteiger partial charge in [0.05, 0.1) is 0 Å². The molecule has 26 heavy (non-hydrogen) atoms. The van der Waals surface area contributed by atoms with Crippen molar-refractivity contribution in [2.24, 2.45) is 22.2 Å². The first-order valence-corrected chi connectivity index (χ1v) is 10.5. The summed E-state index contributed by atoms with van der Waals surface area (Å²) >= 11 is 0. The van der Waals surface area contributed by atoms with Crippen molar-refractivity contribution in [3.05, 3.63) is 0 Å². The van der Waals surface area contributed by atoms with E-state index in [4.69, 9.17) is 0 Å². The molecule has 4 fully saturated rings. The smallest absolute Gasteiger partial charge is 0.225 e. The lowest BCUT2D eigenvalue weighted by Crippen LogP contribution is -2.47. The number of hydrogen-bond donors (Lipinski definition) is 2. The van der Waals surface area contributed by atoms with Crippen molar-refractivity contribution in [2.45, 2.75) is 70.3 Å². The van der Waals surface area contributed by atoms with Gasteiger partial charge in [0.2, 0.25) is 5.91 Å². The van der Waals surface area contributed by atoms with Crippen molar-refractivity contribution in [1.82, 2.24) is 15.5 Å². The Morgan fingerprint density at radius 2 is 1.85 bits per heavy atom. The van der Waals surface area contributed by atoms with Gasteiger partial charge >= 0.3 is 0 Å². The average molecular weight is 474 g/mol. The van der Waals surface area contributed by atoms with Crippen molar-refractivity contribution >= 4 is 35.8 Å². The summed E-state index contributed by atoms with van der Waals surface area (Å²) in [7, 11) is 1.85. The average Bonchev–Trinajstić information content (AvgIpc) is 3.57. The van der Waals surface area contributed by atoms with Crippen molar-refractivity contribution in [2.75, 3.05) is 26.7 Å². The molecular formula is C20H35IN4O. The zero-order valence-corrected chi connectivity index (χ0v) is 18.5. The van der Waals surface area contributed by atoms with Crippen LogP contribution in [0.15, 0.2) is 4.99 Å². The fourth-order valence-corrected chi connectivity index (χ4v) is 4.92. The number of carbonyl (C=O) groups excluding carboxylic acids is 1. The molecule has 0 bridgehead atoms. The van der Waals surface area contributed by atoms with Crippen molar-refractivity contribution in [3.63, 3.8) is 0 Å². The van der Waals surface area contributed by atoms with Crippen LogP contribution in [0.5, 0.6) is 0 Å². The molecule has 4 aliphatic rings. The van der Waals surface area contributed by atoms with Gasteiger partial charge in [0.1, 0.15) is 0 Å². The van der Waals surface area contributed by atoms with E-state index in [0.29, 0.717) is 23.3 Å². The molecule has 0 aromatic rings. The van der Waals surface area contributed by atoms with Crippen molar-refractivity contribution in [1.29, 1.82) is 0 Å². The van der Waals surface area contributed by atoms with E-state index in [2.05, 4.69) is 20.5 Å². The summed E-state index contributed by atoms with van der Waals surface area (Å²) in [5.74, 6) is 2.58. The van der Waals surface area contributed by atoms with Gasteiger partial charge in [0, 0.05) is 38.6 Å². The van der Waals surface area contributed by atoms with Gasteiger partial charge in [-0.25, -0.2) is 0 Å². The Bertz CT molecular complexity index is 524. The highest BCUT2D eigenvalue weighted by Crippen LogP contribution is 2.60. The van der Waals surface area contributed by atoms with Crippen LogP contribution in [0.2, 0.25) is 0 Å². The van der Waals surface area contributed by atoms with E-state index in [0.717, 1.165) is 50.8 Å². The summed E-state index contributed by atoms with van der Waals surface area (Å²) in [6, 6.07) is 0.342. The topological polar surface area (TPSA) is 56.7 Å². The van der Waals surface area contributed by atoms with E-state index < -0.39 is 0 Å². The Hall–Kier alpha value is -0.530. The number of aliphatic imine (C=N–C) groups is 1. The molecule has 1 unspecified atom stereocenters. The predicted molar refractivity (Wildman–Crippen MR) is 116 cm³/mol. The van der Waals surface area contributed by atoms with Crippen LogP contribution >= 0.6 is 24.0 Å². The van der Waals surface area contributed by atoms with Gasteiger partial charge < -0.3 is 15.5 Å². The molecule has 3 aliphatic carbocycles. The molecule has 1 atom stereocenters. The lowest BCUT2D eigenvalue weighted by atomic mass is 9.88. The van der Waals surface area contributed by atoms with E-state index in [1.165, 1.54) is 44.9 Å². The summed E-state index contributed by atoms with van der Waals surface area (Å²) in [5.41, 5.74) is 0.580. The minimum atomic E-state index is 0. The maximum absolute atomic E-state index is 12.7. The second kappa shape index (κ2) is 8.65. The Labute approximate surface area is 175 Å². The molecule has 1 heterocycles. The lowest BCUT2D eigenvalue weighted by Gasteiger charge is -2.26. The number of hydrogen-bond acceptors (Lipinski definition) is 2. The first-order valence-electron chi connectivity index (χ1n) is 10.5. The molecule has 5 nitrogen and oxygen atoms in total. The number of nitrogens with one attached hydrogen (secondary N) is 2. The number of nitrogens with zero attached hydrogens (tertiary/aromatic N) is 2. The maximum atomic E-state index is 12.7. The van der Waals surface area contributed by atoms with Gasteiger partial charge in [0.15, 0.2) is 5.96 Å². The largest absolute Gasteiger partial charge is 0.356 e. The molecule has 3 saturated carbocycles. The second-order valence-electron chi connectivity index (χ2n) is 8.81. The fourth-order valence-electron chi connectivity index (χ4n) is 4.92. The van der Waals surface area contributed by atoms with Crippen molar-refractivity contribution in [3.8, 4) is 0 Å². The Morgan fingerprint density at radius 1 is 1.12 bits per heavy atom. The van der Waals surface area contributed by atoms with E-state index >= 15 is 0 Å². The first kappa shape index (κ1) is 20.2. The molecule has 1 aliphatic heterocycles. The van der Waals surface area contributed by atoms with Gasteiger partial charge in [-0.3, -0.25) is 9.79 Å². The Balaban J connectivity index is 0.00000196. The summed E-state index contributed by atoms with van der Waals surface area (Å²) in [6.45, 7) is 2.80. The summed E-state index contributed by atoms with van der Waals surface area (Å²) < 4.78 is 0. The Kier molecular flexibility index (Phi) is 6.73. The van der Waals surface area contributed by atoms with E-state index in [9.17, 15) is 4.79 Å². The molecule has 1 saturated heterocycles. The van der Waals surface area contributed by atoms with E-state index in [-0.39, 0.29) is 24.0 Å². The number of halogens is 1. The van der Waals surface area contributed by atoms with Gasteiger partial charge in [-0.05, 0) is 56.3 Å². The molecule has 6 heteroatoms. The van der Waals surface area contributed by atoms with E-state index in [1.54, 1.807) is 0 Å². The monoisotopic (exact) mass is 474 g/mol. The number of rotatable bonds is 5. The molecule has 4 rings (SSSR count). The third-order valence-corrected chi connectivity index (χ3v) is 6.96. The third-order valence-electron chi connectivity index (χ3n) is 6.96. The second-order valence-corrected chi connectivity index (χ2v) is 8.81. The predicted octanol–water partition coefficient (Wildman–Crippen LogP) is 3.14. The number of carbonyl (C=O) groups is 1. The quantitative estimate of drug-likeness (QED) is 0.366.